The SMILES string of the molecule is CCOc1ccc(O)c(CNC(C)C(O)c2ccc(F)c(F)c2)c1. The molecule has 2 unspecified atom stereocenters. The predicted molar refractivity (Wildman–Crippen MR) is 86.9 cm³/mol. The summed E-state index contributed by atoms with van der Waals surface area (Å²) in [6.45, 7) is 4.39. The summed E-state index contributed by atoms with van der Waals surface area (Å²) in [4.78, 5) is 0. The van der Waals surface area contributed by atoms with Crippen LogP contribution < -0.4 is 10.1 Å². The lowest BCUT2D eigenvalue weighted by Crippen LogP contribution is -2.31. The van der Waals surface area contributed by atoms with Crippen LogP contribution in [0.2, 0.25) is 0 Å². The molecule has 0 saturated carbocycles. The molecule has 0 aliphatic heterocycles. The van der Waals surface area contributed by atoms with Crippen molar-refractivity contribution in [2.45, 2.75) is 32.5 Å². The van der Waals surface area contributed by atoms with Crippen LogP contribution in [-0.4, -0.2) is 22.9 Å². The van der Waals surface area contributed by atoms with Gasteiger partial charge in [0.15, 0.2) is 11.6 Å². The summed E-state index contributed by atoms with van der Waals surface area (Å²) in [5.41, 5.74) is 0.895. The lowest BCUT2D eigenvalue weighted by molar-refractivity contribution is 0.134. The van der Waals surface area contributed by atoms with Gasteiger partial charge in [-0.2, -0.15) is 0 Å². The van der Waals surface area contributed by atoms with Gasteiger partial charge in [0, 0.05) is 18.2 Å². The number of rotatable bonds is 7. The third-order valence-corrected chi connectivity index (χ3v) is 3.74. The van der Waals surface area contributed by atoms with E-state index in [1.54, 1.807) is 25.1 Å². The Morgan fingerprint density at radius 3 is 2.54 bits per heavy atom. The summed E-state index contributed by atoms with van der Waals surface area (Å²) >= 11 is 0. The molecule has 0 amide bonds. The average molecular weight is 337 g/mol. The van der Waals surface area contributed by atoms with E-state index in [-0.39, 0.29) is 17.9 Å². The highest BCUT2D eigenvalue weighted by atomic mass is 19.2. The number of aliphatic hydroxyl groups excluding tert-OH is 1. The number of nitrogens with one attached hydrogen (secondary N) is 1. The first kappa shape index (κ1) is 18.2. The van der Waals surface area contributed by atoms with Crippen LogP contribution in [0.15, 0.2) is 36.4 Å². The maximum Gasteiger partial charge on any atom is 0.159 e. The van der Waals surface area contributed by atoms with Crippen LogP contribution >= 0.6 is 0 Å². The minimum atomic E-state index is -1.02. The number of aromatic hydroxyl groups is 1. The first-order valence-corrected chi connectivity index (χ1v) is 7.73. The van der Waals surface area contributed by atoms with Crippen molar-refractivity contribution in [1.82, 2.24) is 5.32 Å². The van der Waals surface area contributed by atoms with Crippen LogP contribution in [0.3, 0.4) is 0 Å². The molecule has 3 N–H and O–H groups in total. The molecule has 0 heterocycles. The van der Waals surface area contributed by atoms with Crippen molar-refractivity contribution in [1.29, 1.82) is 0 Å². The zero-order valence-corrected chi connectivity index (χ0v) is 13.6. The second kappa shape index (κ2) is 8.08. The summed E-state index contributed by atoms with van der Waals surface area (Å²) in [5, 5.41) is 23.2. The van der Waals surface area contributed by atoms with Crippen molar-refractivity contribution < 1.29 is 23.7 Å². The molecular weight excluding hydrogens is 316 g/mol. The molecular formula is C18H21F2NO3. The molecule has 0 fully saturated rings. The van der Waals surface area contributed by atoms with Gasteiger partial charge in [0.2, 0.25) is 0 Å². The Hall–Kier alpha value is -2.18. The normalized spacial score (nSPS) is 13.5. The second-order valence-corrected chi connectivity index (χ2v) is 5.51. The smallest absolute Gasteiger partial charge is 0.159 e. The zero-order chi connectivity index (χ0) is 17.7. The Morgan fingerprint density at radius 1 is 1.12 bits per heavy atom. The summed E-state index contributed by atoms with van der Waals surface area (Å²) in [5.74, 6) is -1.20. The molecule has 0 radical (unpaired) electrons. The van der Waals surface area contributed by atoms with Gasteiger partial charge in [-0.3, -0.25) is 0 Å². The topological polar surface area (TPSA) is 61.7 Å². The summed E-state index contributed by atoms with van der Waals surface area (Å²) < 4.78 is 31.6. The molecule has 2 atom stereocenters. The Kier molecular flexibility index (Phi) is 6.11. The first-order chi connectivity index (χ1) is 11.4. The van der Waals surface area contributed by atoms with Crippen molar-refractivity contribution in [3.8, 4) is 11.5 Å². The van der Waals surface area contributed by atoms with Crippen LogP contribution in [0, 0.1) is 11.6 Å². The lowest BCUT2D eigenvalue weighted by Gasteiger charge is -2.21. The number of halogens is 2. The Balaban J connectivity index is 2.03. The minimum absolute atomic E-state index is 0.112. The predicted octanol–water partition coefficient (Wildman–Crippen LogP) is 3.28. The highest BCUT2D eigenvalue weighted by Crippen LogP contribution is 2.24. The minimum Gasteiger partial charge on any atom is -0.508 e. The van der Waals surface area contributed by atoms with E-state index in [9.17, 15) is 19.0 Å². The number of aliphatic hydroxyl groups is 1. The van der Waals surface area contributed by atoms with E-state index in [0.717, 1.165) is 12.1 Å². The lowest BCUT2D eigenvalue weighted by atomic mass is 10.0. The van der Waals surface area contributed by atoms with Gasteiger partial charge in [-0.1, -0.05) is 6.07 Å². The number of hydrogen-bond donors (Lipinski definition) is 3. The number of benzene rings is 2. The monoisotopic (exact) mass is 337 g/mol. The molecule has 0 aromatic heterocycles. The summed E-state index contributed by atoms with van der Waals surface area (Å²) in [7, 11) is 0. The molecule has 0 spiro atoms. The molecule has 2 aromatic carbocycles. The van der Waals surface area contributed by atoms with E-state index < -0.39 is 23.8 Å². The van der Waals surface area contributed by atoms with Gasteiger partial charge < -0.3 is 20.3 Å². The fraction of sp³-hybridized carbons (Fsp3) is 0.333. The number of phenols is 1. The van der Waals surface area contributed by atoms with Crippen LogP contribution in [0.1, 0.15) is 31.1 Å². The fourth-order valence-corrected chi connectivity index (χ4v) is 2.33. The van der Waals surface area contributed by atoms with Crippen LogP contribution in [0.4, 0.5) is 8.78 Å². The molecule has 2 rings (SSSR count). The Labute approximate surface area is 139 Å². The van der Waals surface area contributed by atoms with Gasteiger partial charge in [0.05, 0.1) is 12.7 Å². The molecule has 24 heavy (non-hydrogen) atoms. The van der Waals surface area contributed by atoms with Gasteiger partial charge in [-0.15, -0.1) is 0 Å². The van der Waals surface area contributed by atoms with E-state index in [2.05, 4.69) is 5.32 Å². The average Bonchev–Trinajstić information content (AvgIpc) is 2.57. The summed E-state index contributed by atoms with van der Waals surface area (Å²) in [6, 6.07) is 7.78. The Bertz CT molecular complexity index is 694. The molecule has 4 nitrogen and oxygen atoms in total. The molecule has 130 valence electrons. The highest BCUT2D eigenvalue weighted by Gasteiger charge is 2.18. The van der Waals surface area contributed by atoms with Crippen molar-refractivity contribution in [3.63, 3.8) is 0 Å². The van der Waals surface area contributed by atoms with Crippen molar-refractivity contribution in [2.24, 2.45) is 0 Å². The maximum atomic E-state index is 13.3. The van der Waals surface area contributed by atoms with Gasteiger partial charge in [-0.25, -0.2) is 8.78 Å². The maximum absolute atomic E-state index is 13.3. The molecule has 2 aromatic rings. The quantitative estimate of drug-likeness (QED) is 0.726. The number of phenolic OH excluding ortho intramolecular Hbond substituents is 1. The second-order valence-electron chi connectivity index (χ2n) is 5.51. The Morgan fingerprint density at radius 2 is 1.88 bits per heavy atom. The van der Waals surface area contributed by atoms with E-state index in [1.807, 2.05) is 6.92 Å². The molecule has 0 saturated heterocycles. The molecule has 6 heteroatoms. The molecule has 0 aliphatic carbocycles. The molecule has 0 bridgehead atoms. The standard InChI is InChI=1S/C18H21F2NO3/c1-3-24-14-5-7-17(22)13(8-14)10-21-11(2)18(23)12-4-6-15(19)16(20)9-12/h4-9,11,18,21-23H,3,10H2,1-2H3. The van der Waals surface area contributed by atoms with Crippen LogP contribution in [-0.2, 0) is 6.54 Å². The van der Waals surface area contributed by atoms with Crippen molar-refractivity contribution >= 4 is 0 Å². The van der Waals surface area contributed by atoms with Gasteiger partial charge >= 0.3 is 0 Å². The first-order valence-electron chi connectivity index (χ1n) is 7.73. The largest absolute Gasteiger partial charge is 0.508 e. The van der Waals surface area contributed by atoms with Gasteiger partial charge in [0.25, 0.3) is 0 Å². The van der Waals surface area contributed by atoms with Gasteiger partial charge in [0.1, 0.15) is 11.5 Å². The van der Waals surface area contributed by atoms with Crippen LogP contribution in [0.25, 0.3) is 0 Å². The third-order valence-electron chi connectivity index (χ3n) is 3.74. The van der Waals surface area contributed by atoms with E-state index in [4.69, 9.17) is 4.74 Å². The number of hydrogen-bond acceptors (Lipinski definition) is 4. The van der Waals surface area contributed by atoms with Crippen LogP contribution in [0.5, 0.6) is 11.5 Å². The van der Waals surface area contributed by atoms with Gasteiger partial charge in [-0.05, 0) is 49.7 Å². The summed E-state index contributed by atoms with van der Waals surface area (Å²) in [6.07, 6.45) is -1.02. The van der Waals surface area contributed by atoms with E-state index >= 15 is 0 Å². The van der Waals surface area contributed by atoms with Crippen molar-refractivity contribution in [3.05, 3.63) is 59.2 Å². The number of ether oxygens (including phenoxy) is 1. The fourth-order valence-electron chi connectivity index (χ4n) is 2.33. The van der Waals surface area contributed by atoms with E-state index in [0.29, 0.717) is 17.9 Å². The van der Waals surface area contributed by atoms with E-state index in [1.165, 1.54) is 6.07 Å². The highest BCUT2D eigenvalue weighted by molar-refractivity contribution is 5.39. The third kappa shape index (κ3) is 4.43. The molecule has 0 aliphatic rings. The zero-order valence-electron chi connectivity index (χ0n) is 13.6. The van der Waals surface area contributed by atoms with Crippen molar-refractivity contribution in [2.75, 3.05) is 6.61 Å².